The van der Waals surface area contributed by atoms with E-state index >= 15 is 0 Å². The van der Waals surface area contributed by atoms with Crippen molar-refractivity contribution in [3.63, 3.8) is 0 Å². The fourth-order valence-electron chi connectivity index (χ4n) is 3.41. The summed E-state index contributed by atoms with van der Waals surface area (Å²) in [6, 6.07) is 15.6. The van der Waals surface area contributed by atoms with Crippen LogP contribution in [0, 0.1) is 0 Å². The predicted octanol–water partition coefficient (Wildman–Crippen LogP) is 2.43. The minimum Gasteiger partial charge on any atom is -0.456 e. The summed E-state index contributed by atoms with van der Waals surface area (Å²) in [5.74, 6) is -1.23. The quantitative estimate of drug-likeness (QED) is 0.639. The third-order valence-corrected chi connectivity index (χ3v) is 4.54. The molecule has 2 atom stereocenters. The molecule has 0 fully saturated rings. The second kappa shape index (κ2) is 6.02. The van der Waals surface area contributed by atoms with Gasteiger partial charge in [0.2, 0.25) is 0 Å². The summed E-state index contributed by atoms with van der Waals surface area (Å²) < 4.78 is 5.69. The molecular weight excluding hydrogens is 318 g/mol. The summed E-state index contributed by atoms with van der Waals surface area (Å²) in [6.07, 6.45) is 2.37. The topological polar surface area (TPSA) is 63.7 Å². The van der Waals surface area contributed by atoms with Crippen molar-refractivity contribution in [1.82, 2.24) is 4.90 Å². The molecule has 0 saturated carbocycles. The Labute approximate surface area is 144 Å². The fourth-order valence-corrected chi connectivity index (χ4v) is 3.41. The van der Waals surface area contributed by atoms with Crippen LogP contribution in [0.15, 0.2) is 66.7 Å². The zero-order valence-electron chi connectivity index (χ0n) is 13.3. The number of carbonyl (C=O) groups excluding carboxylic acids is 3. The number of carbonyl (C=O) groups is 3. The molecule has 1 heterocycles. The third-order valence-electron chi connectivity index (χ3n) is 4.54. The van der Waals surface area contributed by atoms with E-state index in [4.69, 9.17) is 4.74 Å². The van der Waals surface area contributed by atoms with E-state index in [-0.39, 0.29) is 11.8 Å². The maximum atomic E-state index is 12.4. The lowest BCUT2D eigenvalue weighted by Gasteiger charge is -2.28. The summed E-state index contributed by atoms with van der Waals surface area (Å²) in [7, 11) is 0. The Kier molecular flexibility index (Phi) is 3.69. The molecule has 0 saturated heterocycles. The van der Waals surface area contributed by atoms with Gasteiger partial charge in [-0.3, -0.25) is 14.5 Å². The van der Waals surface area contributed by atoms with Crippen molar-refractivity contribution in [2.24, 2.45) is 0 Å². The molecule has 2 aliphatic rings. The minimum atomic E-state index is -0.599. The molecule has 2 aromatic carbocycles. The first-order valence-electron chi connectivity index (χ1n) is 8.04. The van der Waals surface area contributed by atoms with Crippen LogP contribution in [0.5, 0.6) is 0 Å². The molecule has 25 heavy (non-hydrogen) atoms. The molecule has 2 aromatic rings. The van der Waals surface area contributed by atoms with Gasteiger partial charge in [0, 0.05) is 18.6 Å². The van der Waals surface area contributed by atoms with Crippen molar-refractivity contribution in [1.29, 1.82) is 0 Å². The lowest BCUT2D eigenvalue weighted by atomic mass is 10.1. The van der Waals surface area contributed by atoms with E-state index in [1.165, 1.54) is 17.1 Å². The highest BCUT2D eigenvalue weighted by Gasteiger charge is 2.44. The van der Waals surface area contributed by atoms with Crippen molar-refractivity contribution in [2.45, 2.75) is 18.6 Å². The number of nitrogens with zero attached hydrogens (tertiary/aromatic N) is 1. The van der Waals surface area contributed by atoms with Crippen LogP contribution >= 0.6 is 0 Å². The highest BCUT2D eigenvalue weighted by Crippen LogP contribution is 2.39. The van der Waals surface area contributed by atoms with E-state index in [2.05, 4.69) is 0 Å². The van der Waals surface area contributed by atoms with Crippen LogP contribution in [-0.4, -0.2) is 28.8 Å². The van der Waals surface area contributed by atoms with Gasteiger partial charge < -0.3 is 4.74 Å². The predicted molar refractivity (Wildman–Crippen MR) is 89.5 cm³/mol. The van der Waals surface area contributed by atoms with Crippen LogP contribution in [0.1, 0.15) is 27.5 Å². The second-order valence-electron chi connectivity index (χ2n) is 6.04. The first-order chi connectivity index (χ1) is 12.1. The van der Waals surface area contributed by atoms with Crippen LogP contribution in [0.4, 0.5) is 0 Å². The lowest BCUT2D eigenvalue weighted by molar-refractivity contribution is -0.142. The highest BCUT2D eigenvalue weighted by molar-refractivity contribution is 6.13. The first kappa shape index (κ1) is 15.3. The number of hydrogen-bond acceptors (Lipinski definition) is 4. The lowest BCUT2D eigenvalue weighted by Crippen LogP contribution is -2.40. The number of imide groups is 1. The van der Waals surface area contributed by atoms with Crippen LogP contribution < -0.4 is 0 Å². The molecule has 0 radical (unpaired) electrons. The summed E-state index contributed by atoms with van der Waals surface area (Å²) in [5, 5.41) is 0. The van der Waals surface area contributed by atoms with Crippen molar-refractivity contribution in [3.05, 3.63) is 83.4 Å². The maximum Gasteiger partial charge on any atom is 0.338 e. The molecule has 0 unspecified atom stereocenters. The number of benzene rings is 2. The van der Waals surface area contributed by atoms with E-state index in [0.29, 0.717) is 12.0 Å². The van der Waals surface area contributed by atoms with Gasteiger partial charge in [0.25, 0.3) is 11.8 Å². The van der Waals surface area contributed by atoms with Crippen molar-refractivity contribution in [2.75, 3.05) is 0 Å². The molecule has 0 bridgehead atoms. The summed E-state index contributed by atoms with van der Waals surface area (Å²) in [4.78, 5) is 37.9. The SMILES string of the molecule is O=C(O[C@@H]1Cc2ccccc2[C@@H]1N1C(=O)C=CC1=O)c1ccccc1. The number of amides is 2. The van der Waals surface area contributed by atoms with Gasteiger partial charge in [-0.25, -0.2) is 4.79 Å². The second-order valence-corrected chi connectivity index (χ2v) is 6.04. The van der Waals surface area contributed by atoms with Crippen molar-refractivity contribution >= 4 is 17.8 Å². The molecule has 2 amide bonds. The number of esters is 1. The molecule has 5 nitrogen and oxygen atoms in total. The Bertz CT molecular complexity index is 870. The largest absolute Gasteiger partial charge is 0.456 e. The Hall–Kier alpha value is -3.21. The normalized spacial score (nSPS) is 21.5. The zero-order chi connectivity index (χ0) is 17.4. The van der Waals surface area contributed by atoms with Gasteiger partial charge in [-0.05, 0) is 23.3 Å². The van der Waals surface area contributed by atoms with Gasteiger partial charge >= 0.3 is 5.97 Å². The van der Waals surface area contributed by atoms with E-state index < -0.39 is 18.1 Å². The summed E-state index contributed by atoms with van der Waals surface area (Å²) in [5.41, 5.74) is 2.26. The number of ether oxygens (including phenoxy) is 1. The van der Waals surface area contributed by atoms with Crippen molar-refractivity contribution in [3.8, 4) is 0 Å². The number of hydrogen-bond donors (Lipinski definition) is 0. The monoisotopic (exact) mass is 333 g/mol. The Morgan fingerprint density at radius 1 is 0.920 bits per heavy atom. The molecule has 4 rings (SSSR count). The molecule has 124 valence electrons. The molecule has 0 spiro atoms. The Balaban J connectivity index is 1.66. The van der Waals surface area contributed by atoms with Gasteiger partial charge in [0.15, 0.2) is 0 Å². The van der Waals surface area contributed by atoms with Gasteiger partial charge in [-0.1, -0.05) is 42.5 Å². The average Bonchev–Trinajstić information content (AvgIpc) is 3.14. The van der Waals surface area contributed by atoms with Crippen LogP contribution in [0.2, 0.25) is 0 Å². The van der Waals surface area contributed by atoms with Gasteiger partial charge in [-0.15, -0.1) is 0 Å². The average molecular weight is 333 g/mol. The third kappa shape index (κ3) is 2.63. The molecule has 0 N–H and O–H groups in total. The van der Waals surface area contributed by atoms with Gasteiger partial charge in [0.1, 0.15) is 12.1 Å². The summed E-state index contributed by atoms with van der Waals surface area (Å²) >= 11 is 0. The standard InChI is InChI=1S/C20H15NO4/c22-17-10-11-18(23)21(17)19-15-9-5-4-8-14(15)12-16(19)25-20(24)13-6-2-1-3-7-13/h1-11,16,19H,12H2/t16-,19+/m1/s1. The minimum absolute atomic E-state index is 0.382. The Morgan fingerprint density at radius 2 is 1.56 bits per heavy atom. The molecule has 1 aliphatic carbocycles. The van der Waals surface area contributed by atoms with Crippen LogP contribution in [0.3, 0.4) is 0 Å². The summed E-state index contributed by atoms with van der Waals surface area (Å²) in [6.45, 7) is 0. The highest BCUT2D eigenvalue weighted by atomic mass is 16.5. The molecule has 5 heteroatoms. The van der Waals surface area contributed by atoms with E-state index in [1.807, 2.05) is 30.3 Å². The zero-order valence-corrected chi connectivity index (χ0v) is 13.3. The molecule has 0 aromatic heterocycles. The Morgan fingerprint density at radius 3 is 2.28 bits per heavy atom. The maximum absolute atomic E-state index is 12.4. The van der Waals surface area contributed by atoms with E-state index in [9.17, 15) is 14.4 Å². The fraction of sp³-hybridized carbons (Fsp3) is 0.150. The van der Waals surface area contributed by atoms with E-state index in [0.717, 1.165) is 11.1 Å². The number of rotatable bonds is 3. The van der Waals surface area contributed by atoms with Gasteiger partial charge in [0.05, 0.1) is 5.56 Å². The number of fused-ring (bicyclic) bond motifs is 1. The molecular formula is C20H15NO4. The van der Waals surface area contributed by atoms with Gasteiger partial charge in [-0.2, -0.15) is 0 Å². The van der Waals surface area contributed by atoms with E-state index in [1.54, 1.807) is 24.3 Å². The first-order valence-corrected chi connectivity index (χ1v) is 8.04. The molecule has 1 aliphatic heterocycles. The van der Waals surface area contributed by atoms with Crippen LogP contribution in [0.25, 0.3) is 0 Å². The van der Waals surface area contributed by atoms with Crippen molar-refractivity contribution < 1.29 is 19.1 Å². The van der Waals surface area contributed by atoms with Crippen LogP contribution in [-0.2, 0) is 20.7 Å². The smallest absolute Gasteiger partial charge is 0.338 e.